The SMILES string of the molecule is COc1c(C)cc(CCCS)cc1C. The van der Waals surface area contributed by atoms with Crippen LogP contribution in [0, 0.1) is 13.8 Å². The fourth-order valence-corrected chi connectivity index (χ4v) is 1.95. The summed E-state index contributed by atoms with van der Waals surface area (Å²) < 4.78 is 5.32. The highest BCUT2D eigenvalue weighted by Gasteiger charge is 2.04. The molecule has 0 radical (unpaired) electrons. The summed E-state index contributed by atoms with van der Waals surface area (Å²) in [5, 5.41) is 0. The molecule has 1 aromatic rings. The minimum absolute atomic E-state index is 0.949. The number of methoxy groups -OCH3 is 1. The molecule has 1 rings (SSSR count). The van der Waals surface area contributed by atoms with Crippen LogP contribution in [0.2, 0.25) is 0 Å². The topological polar surface area (TPSA) is 9.23 Å². The number of thiol groups is 1. The molecular weight excluding hydrogens is 192 g/mol. The smallest absolute Gasteiger partial charge is 0.124 e. The second kappa shape index (κ2) is 5.30. The lowest BCUT2D eigenvalue weighted by Gasteiger charge is -2.10. The standard InChI is InChI=1S/C12H18OS/c1-9-7-11(5-4-6-14)8-10(2)12(9)13-3/h7-8,14H,4-6H2,1-3H3. The van der Waals surface area contributed by atoms with Crippen LogP contribution in [0.1, 0.15) is 23.1 Å². The molecule has 1 aromatic carbocycles. The summed E-state index contributed by atoms with van der Waals surface area (Å²) in [6.45, 7) is 4.19. The molecule has 0 aliphatic rings. The zero-order chi connectivity index (χ0) is 10.6. The average Bonchev–Trinajstić information content (AvgIpc) is 2.14. The highest BCUT2D eigenvalue weighted by Crippen LogP contribution is 2.24. The van der Waals surface area contributed by atoms with E-state index in [0.717, 1.165) is 24.3 Å². The van der Waals surface area contributed by atoms with Crippen molar-refractivity contribution in [2.45, 2.75) is 26.7 Å². The largest absolute Gasteiger partial charge is 0.496 e. The molecule has 0 unspecified atom stereocenters. The summed E-state index contributed by atoms with van der Waals surface area (Å²) in [5.74, 6) is 1.96. The molecule has 0 aliphatic heterocycles. The second-order valence-electron chi connectivity index (χ2n) is 3.59. The summed E-state index contributed by atoms with van der Waals surface area (Å²) in [4.78, 5) is 0. The van der Waals surface area contributed by atoms with Crippen molar-refractivity contribution in [1.29, 1.82) is 0 Å². The third-order valence-electron chi connectivity index (χ3n) is 2.35. The zero-order valence-corrected chi connectivity index (χ0v) is 10.0. The van der Waals surface area contributed by atoms with Gasteiger partial charge >= 0.3 is 0 Å². The van der Waals surface area contributed by atoms with Gasteiger partial charge in [0.25, 0.3) is 0 Å². The Kier molecular flexibility index (Phi) is 4.33. The molecule has 0 amide bonds. The molecule has 0 N–H and O–H groups in total. The zero-order valence-electron chi connectivity index (χ0n) is 9.13. The lowest BCUT2D eigenvalue weighted by Crippen LogP contribution is -1.94. The minimum Gasteiger partial charge on any atom is -0.496 e. The molecule has 0 fully saturated rings. The van der Waals surface area contributed by atoms with Crippen molar-refractivity contribution in [3.05, 3.63) is 28.8 Å². The van der Waals surface area contributed by atoms with Gasteiger partial charge in [-0.05, 0) is 49.1 Å². The van der Waals surface area contributed by atoms with Gasteiger partial charge in [-0.15, -0.1) is 0 Å². The summed E-state index contributed by atoms with van der Waals surface area (Å²) >= 11 is 4.22. The van der Waals surface area contributed by atoms with Crippen LogP contribution in [0.3, 0.4) is 0 Å². The molecule has 0 aromatic heterocycles. The van der Waals surface area contributed by atoms with Crippen molar-refractivity contribution < 1.29 is 4.74 Å². The molecule has 0 aliphatic carbocycles. The Morgan fingerprint density at radius 2 is 1.79 bits per heavy atom. The highest BCUT2D eigenvalue weighted by molar-refractivity contribution is 7.80. The maximum absolute atomic E-state index is 5.32. The summed E-state index contributed by atoms with van der Waals surface area (Å²) in [6.07, 6.45) is 2.24. The predicted octanol–water partition coefficient (Wildman–Crippen LogP) is 3.17. The van der Waals surface area contributed by atoms with Gasteiger partial charge in [-0.2, -0.15) is 12.6 Å². The van der Waals surface area contributed by atoms with Gasteiger partial charge in [0.05, 0.1) is 7.11 Å². The number of rotatable bonds is 4. The number of ether oxygens (including phenoxy) is 1. The third kappa shape index (κ3) is 2.68. The van der Waals surface area contributed by atoms with Crippen molar-refractivity contribution in [2.24, 2.45) is 0 Å². The Balaban J connectivity index is 2.90. The normalized spacial score (nSPS) is 10.3. The van der Waals surface area contributed by atoms with E-state index >= 15 is 0 Å². The van der Waals surface area contributed by atoms with Gasteiger partial charge in [0.2, 0.25) is 0 Å². The third-order valence-corrected chi connectivity index (χ3v) is 2.66. The van der Waals surface area contributed by atoms with Crippen LogP contribution in [-0.4, -0.2) is 12.9 Å². The summed E-state index contributed by atoms with van der Waals surface area (Å²) in [7, 11) is 1.72. The van der Waals surface area contributed by atoms with E-state index in [1.165, 1.54) is 16.7 Å². The number of aryl methyl sites for hydroxylation is 3. The van der Waals surface area contributed by atoms with Gasteiger partial charge in [0.1, 0.15) is 5.75 Å². The van der Waals surface area contributed by atoms with Gasteiger partial charge < -0.3 is 4.74 Å². The molecule has 78 valence electrons. The van der Waals surface area contributed by atoms with Crippen LogP contribution in [0.5, 0.6) is 5.75 Å². The van der Waals surface area contributed by atoms with E-state index in [9.17, 15) is 0 Å². The number of benzene rings is 1. The fourth-order valence-electron chi connectivity index (χ4n) is 1.79. The first-order valence-corrected chi connectivity index (χ1v) is 5.57. The van der Waals surface area contributed by atoms with Gasteiger partial charge in [-0.25, -0.2) is 0 Å². The van der Waals surface area contributed by atoms with Crippen molar-refractivity contribution in [1.82, 2.24) is 0 Å². The summed E-state index contributed by atoms with van der Waals surface area (Å²) in [6, 6.07) is 4.41. The van der Waals surface area contributed by atoms with E-state index in [0.29, 0.717) is 0 Å². The van der Waals surface area contributed by atoms with Crippen LogP contribution in [0.15, 0.2) is 12.1 Å². The molecule has 0 saturated carbocycles. The van der Waals surface area contributed by atoms with Crippen LogP contribution in [0.4, 0.5) is 0 Å². The van der Waals surface area contributed by atoms with Crippen molar-refractivity contribution >= 4 is 12.6 Å². The lowest BCUT2D eigenvalue weighted by atomic mass is 10.0. The Bertz CT molecular complexity index is 284. The van der Waals surface area contributed by atoms with Gasteiger partial charge in [0.15, 0.2) is 0 Å². The van der Waals surface area contributed by atoms with E-state index < -0.39 is 0 Å². The quantitative estimate of drug-likeness (QED) is 0.751. The van der Waals surface area contributed by atoms with Crippen molar-refractivity contribution in [3.8, 4) is 5.75 Å². The van der Waals surface area contributed by atoms with Gasteiger partial charge in [0, 0.05) is 0 Å². The van der Waals surface area contributed by atoms with Gasteiger partial charge in [-0.1, -0.05) is 12.1 Å². The van der Waals surface area contributed by atoms with E-state index in [2.05, 4.69) is 38.6 Å². The molecule has 0 saturated heterocycles. The predicted molar refractivity (Wildman–Crippen MR) is 64.6 cm³/mol. The van der Waals surface area contributed by atoms with Crippen LogP contribution < -0.4 is 4.74 Å². The van der Waals surface area contributed by atoms with Crippen molar-refractivity contribution in [3.63, 3.8) is 0 Å². The van der Waals surface area contributed by atoms with E-state index in [1.807, 2.05) is 0 Å². The molecular formula is C12H18OS. The Labute approximate surface area is 91.9 Å². The van der Waals surface area contributed by atoms with Crippen molar-refractivity contribution in [2.75, 3.05) is 12.9 Å². The Morgan fingerprint density at radius 1 is 1.21 bits per heavy atom. The molecule has 0 bridgehead atoms. The molecule has 0 heterocycles. The highest BCUT2D eigenvalue weighted by atomic mass is 32.1. The number of hydrogen-bond acceptors (Lipinski definition) is 2. The summed E-state index contributed by atoms with van der Waals surface area (Å²) in [5.41, 5.74) is 3.83. The number of hydrogen-bond donors (Lipinski definition) is 1. The lowest BCUT2D eigenvalue weighted by molar-refractivity contribution is 0.408. The molecule has 0 atom stereocenters. The fraction of sp³-hybridized carbons (Fsp3) is 0.500. The molecule has 0 spiro atoms. The van der Waals surface area contributed by atoms with Crippen LogP contribution in [0.25, 0.3) is 0 Å². The first kappa shape index (κ1) is 11.4. The maximum atomic E-state index is 5.32. The Morgan fingerprint density at radius 3 is 2.21 bits per heavy atom. The first-order chi connectivity index (χ1) is 6.69. The van der Waals surface area contributed by atoms with Crippen LogP contribution >= 0.6 is 12.6 Å². The average molecular weight is 210 g/mol. The second-order valence-corrected chi connectivity index (χ2v) is 4.04. The monoisotopic (exact) mass is 210 g/mol. The van der Waals surface area contributed by atoms with Gasteiger partial charge in [-0.3, -0.25) is 0 Å². The minimum atomic E-state index is 0.949. The first-order valence-electron chi connectivity index (χ1n) is 4.94. The van der Waals surface area contributed by atoms with Crippen LogP contribution in [-0.2, 0) is 6.42 Å². The van der Waals surface area contributed by atoms with E-state index in [4.69, 9.17) is 4.74 Å². The molecule has 2 heteroatoms. The Hall–Kier alpha value is -0.630. The maximum Gasteiger partial charge on any atom is 0.124 e. The molecule has 1 nitrogen and oxygen atoms in total. The van der Waals surface area contributed by atoms with E-state index in [-0.39, 0.29) is 0 Å². The van der Waals surface area contributed by atoms with E-state index in [1.54, 1.807) is 7.11 Å². The molecule has 14 heavy (non-hydrogen) atoms.